The SMILES string of the molecule is [C-]#[N+]c1ncc(N2CC(NC(=O)OC(C)(C)C)CCC2C)nc1Nc1cc(C)ns1. The number of carbonyl (C=O) groups excluding carboxylic acids is 1. The first-order valence-corrected chi connectivity index (χ1v) is 10.6. The third kappa shape index (κ3) is 5.57. The molecular formula is C20H27N7O2S. The normalized spacial score (nSPS) is 19.1. The molecule has 2 aromatic heterocycles. The van der Waals surface area contributed by atoms with Crippen LogP contribution in [0.1, 0.15) is 46.2 Å². The Morgan fingerprint density at radius 3 is 2.80 bits per heavy atom. The monoisotopic (exact) mass is 429 g/mol. The van der Waals surface area contributed by atoms with Gasteiger partial charge >= 0.3 is 11.9 Å². The lowest BCUT2D eigenvalue weighted by atomic mass is 9.99. The Hall–Kier alpha value is -2.93. The Morgan fingerprint density at radius 1 is 1.40 bits per heavy atom. The first kappa shape index (κ1) is 21.8. The molecule has 10 heteroatoms. The third-order valence-corrected chi connectivity index (χ3v) is 5.41. The number of hydrogen-bond donors (Lipinski definition) is 2. The Morgan fingerprint density at radius 2 is 2.17 bits per heavy atom. The van der Waals surface area contributed by atoms with Crippen molar-refractivity contribution in [2.24, 2.45) is 0 Å². The number of ether oxygens (including phenoxy) is 1. The van der Waals surface area contributed by atoms with E-state index in [9.17, 15) is 4.79 Å². The number of piperidine rings is 1. The van der Waals surface area contributed by atoms with Gasteiger partial charge in [0.15, 0.2) is 17.8 Å². The zero-order valence-electron chi connectivity index (χ0n) is 17.9. The topological polar surface area (TPSA) is 96.6 Å². The molecule has 0 aromatic carbocycles. The van der Waals surface area contributed by atoms with Crippen molar-refractivity contribution in [2.45, 2.75) is 65.1 Å². The van der Waals surface area contributed by atoms with E-state index in [1.807, 2.05) is 33.8 Å². The maximum atomic E-state index is 12.2. The van der Waals surface area contributed by atoms with Crippen LogP contribution in [-0.2, 0) is 4.74 Å². The molecular weight excluding hydrogens is 402 g/mol. The van der Waals surface area contributed by atoms with Crippen LogP contribution in [-0.4, -0.2) is 44.7 Å². The van der Waals surface area contributed by atoms with Gasteiger partial charge in [-0.2, -0.15) is 4.37 Å². The van der Waals surface area contributed by atoms with Gasteiger partial charge < -0.3 is 25.1 Å². The highest BCUT2D eigenvalue weighted by atomic mass is 32.1. The second-order valence-electron chi connectivity index (χ2n) is 8.39. The fourth-order valence-corrected chi connectivity index (χ4v) is 3.90. The summed E-state index contributed by atoms with van der Waals surface area (Å²) in [5.74, 6) is 1.27. The van der Waals surface area contributed by atoms with Gasteiger partial charge in [0.2, 0.25) is 0 Å². The summed E-state index contributed by atoms with van der Waals surface area (Å²) >= 11 is 1.31. The molecule has 160 valence electrons. The second-order valence-corrected chi connectivity index (χ2v) is 9.20. The van der Waals surface area contributed by atoms with Crippen molar-refractivity contribution in [2.75, 3.05) is 16.8 Å². The van der Waals surface area contributed by atoms with Crippen LogP contribution in [0.25, 0.3) is 4.85 Å². The van der Waals surface area contributed by atoms with Gasteiger partial charge in [0.25, 0.3) is 0 Å². The maximum Gasteiger partial charge on any atom is 0.407 e. The van der Waals surface area contributed by atoms with E-state index in [2.05, 4.69) is 41.6 Å². The minimum atomic E-state index is -0.539. The molecule has 0 spiro atoms. The van der Waals surface area contributed by atoms with Crippen LogP contribution in [0.5, 0.6) is 0 Å². The van der Waals surface area contributed by atoms with Gasteiger partial charge in [-0.15, -0.1) is 4.98 Å². The number of aromatic nitrogens is 3. The molecule has 1 aliphatic rings. The molecule has 2 N–H and O–H groups in total. The van der Waals surface area contributed by atoms with Crippen molar-refractivity contribution in [3.63, 3.8) is 0 Å². The number of anilines is 3. The second kappa shape index (κ2) is 8.83. The molecule has 1 amide bonds. The van der Waals surface area contributed by atoms with Crippen molar-refractivity contribution in [3.8, 4) is 0 Å². The summed E-state index contributed by atoms with van der Waals surface area (Å²) in [5, 5.41) is 6.92. The van der Waals surface area contributed by atoms with Crippen LogP contribution < -0.4 is 15.5 Å². The quantitative estimate of drug-likeness (QED) is 0.695. The van der Waals surface area contributed by atoms with Crippen LogP contribution in [0.3, 0.4) is 0 Å². The molecule has 2 aromatic rings. The largest absolute Gasteiger partial charge is 0.444 e. The lowest BCUT2D eigenvalue weighted by molar-refractivity contribution is 0.0497. The summed E-state index contributed by atoms with van der Waals surface area (Å²) in [6, 6.07) is 2.07. The van der Waals surface area contributed by atoms with Crippen molar-refractivity contribution >= 4 is 40.1 Å². The molecule has 0 radical (unpaired) electrons. The molecule has 9 nitrogen and oxygen atoms in total. The molecule has 2 unspecified atom stereocenters. The highest BCUT2D eigenvalue weighted by Crippen LogP contribution is 2.30. The van der Waals surface area contributed by atoms with Crippen LogP contribution in [0.15, 0.2) is 12.3 Å². The number of nitrogens with one attached hydrogen (secondary N) is 2. The van der Waals surface area contributed by atoms with Crippen molar-refractivity contribution in [1.29, 1.82) is 0 Å². The van der Waals surface area contributed by atoms with E-state index in [-0.39, 0.29) is 17.9 Å². The molecule has 3 heterocycles. The van der Waals surface area contributed by atoms with Crippen molar-refractivity contribution in [3.05, 3.63) is 29.4 Å². The summed E-state index contributed by atoms with van der Waals surface area (Å²) in [7, 11) is 0. The molecule has 1 saturated heterocycles. The smallest absolute Gasteiger partial charge is 0.407 e. The number of hydrogen-bond acceptors (Lipinski definition) is 8. The zero-order chi connectivity index (χ0) is 21.9. The van der Waals surface area contributed by atoms with E-state index >= 15 is 0 Å². The van der Waals surface area contributed by atoms with Gasteiger partial charge in [0.05, 0.1) is 5.69 Å². The minimum Gasteiger partial charge on any atom is -0.444 e. The number of amides is 1. The van der Waals surface area contributed by atoms with E-state index in [4.69, 9.17) is 11.3 Å². The summed E-state index contributed by atoms with van der Waals surface area (Å²) in [5.41, 5.74) is 0.360. The molecule has 3 rings (SSSR count). The zero-order valence-corrected chi connectivity index (χ0v) is 18.7. The van der Waals surface area contributed by atoms with E-state index in [0.717, 1.165) is 23.5 Å². The van der Waals surface area contributed by atoms with Gasteiger partial charge in [-0.3, -0.25) is 0 Å². The van der Waals surface area contributed by atoms with E-state index in [0.29, 0.717) is 18.2 Å². The number of aryl methyl sites for hydroxylation is 1. The average molecular weight is 430 g/mol. The molecule has 2 atom stereocenters. The molecule has 1 fully saturated rings. The van der Waals surface area contributed by atoms with Gasteiger partial charge in [0, 0.05) is 18.6 Å². The van der Waals surface area contributed by atoms with Gasteiger partial charge in [0.1, 0.15) is 10.6 Å². The Bertz CT molecular complexity index is 947. The van der Waals surface area contributed by atoms with Gasteiger partial charge in [-0.1, -0.05) is 6.57 Å². The predicted octanol–water partition coefficient (Wildman–Crippen LogP) is 4.42. The van der Waals surface area contributed by atoms with Crippen LogP contribution in [0.4, 0.5) is 27.2 Å². The van der Waals surface area contributed by atoms with E-state index in [1.54, 1.807) is 6.20 Å². The summed E-state index contributed by atoms with van der Waals surface area (Å²) < 4.78 is 9.63. The highest BCUT2D eigenvalue weighted by molar-refractivity contribution is 7.10. The molecule has 0 aliphatic carbocycles. The van der Waals surface area contributed by atoms with Crippen LogP contribution >= 0.6 is 11.5 Å². The fourth-order valence-electron chi connectivity index (χ4n) is 3.23. The molecule has 30 heavy (non-hydrogen) atoms. The summed E-state index contributed by atoms with van der Waals surface area (Å²) in [6.45, 7) is 17.5. The molecule has 0 saturated carbocycles. The average Bonchev–Trinajstić information content (AvgIpc) is 3.06. The first-order chi connectivity index (χ1) is 14.1. The van der Waals surface area contributed by atoms with Crippen LogP contribution in [0.2, 0.25) is 0 Å². The van der Waals surface area contributed by atoms with Crippen LogP contribution in [0, 0.1) is 13.5 Å². The lowest BCUT2D eigenvalue weighted by Crippen LogP contribution is -2.52. The van der Waals surface area contributed by atoms with Crippen molar-refractivity contribution < 1.29 is 9.53 Å². The molecule has 0 bridgehead atoms. The number of alkyl carbamates (subject to hydrolysis) is 1. The predicted molar refractivity (Wildman–Crippen MR) is 118 cm³/mol. The highest BCUT2D eigenvalue weighted by Gasteiger charge is 2.30. The summed E-state index contributed by atoms with van der Waals surface area (Å²) in [4.78, 5) is 26.7. The lowest BCUT2D eigenvalue weighted by Gasteiger charge is -2.38. The number of carbonyl (C=O) groups is 1. The Labute approximate surface area is 180 Å². The minimum absolute atomic E-state index is 0.0565. The molecule has 1 aliphatic heterocycles. The van der Waals surface area contributed by atoms with Gasteiger partial charge in [-0.05, 0) is 65.1 Å². The first-order valence-electron chi connectivity index (χ1n) is 9.85. The number of rotatable bonds is 4. The maximum absolute atomic E-state index is 12.2. The fraction of sp³-hybridized carbons (Fsp3) is 0.550. The van der Waals surface area contributed by atoms with E-state index in [1.165, 1.54) is 11.5 Å². The van der Waals surface area contributed by atoms with Gasteiger partial charge in [-0.25, -0.2) is 9.78 Å². The third-order valence-electron chi connectivity index (χ3n) is 4.61. The Kier molecular flexibility index (Phi) is 6.41. The summed E-state index contributed by atoms with van der Waals surface area (Å²) in [6.07, 6.45) is 2.95. The van der Waals surface area contributed by atoms with E-state index < -0.39 is 11.7 Å². The number of nitrogens with zero attached hydrogens (tertiary/aromatic N) is 5. The standard InChI is InChI=1S/C20H27N7O2S/c1-12-9-16(30-26-12)25-18-17(21-6)22-10-15(24-18)27-11-14(8-7-13(27)2)23-19(28)29-20(3,4)5/h9-10,13-14H,7-8,11H2,1-5H3,(H,23,28)(H,24,25). The Balaban J connectivity index is 1.76. The van der Waals surface area contributed by atoms with Crippen molar-refractivity contribution in [1.82, 2.24) is 19.7 Å².